The number of rotatable bonds is 1. The minimum absolute atomic E-state index is 0.206. The number of carbonyl (C=O) groups is 2. The van der Waals surface area contributed by atoms with E-state index >= 15 is 0 Å². The van der Waals surface area contributed by atoms with Crippen molar-refractivity contribution in [3.05, 3.63) is 40.2 Å². The van der Waals surface area contributed by atoms with Crippen LogP contribution in [0.2, 0.25) is 0 Å². The molecule has 1 aromatic heterocycles. The van der Waals surface area contributed by atoms with E-state index in [1.807, 2.05) is 39.8 Å². The number of nitrogens with one attached hydrogen (secondary N) is 2. The lowest BCUT2D eigenvalue weighted by Crippen LogP contribution is -2.52. The van der Waals surface area contributed by atoms with E-state index in [1.165, 1.54) is 6.20 Å². The van der Waals surface area contributed by atoms with Gasteiger partial charge in [0.1, 0.15) is 11.3 Å². The number of urea groups is 1. The lowest BCUT2D eigenvalue weighted by molar-refractivity contribution is 0.0174. The SMILES string of the molecule is Cc1cccc2c(=O)c(NC(=O)N3CCN(C(=O)OC(C)(C)C)CC3)c[nH]c12. The molecular formula is C20H26N4O4. The molecule has 2 N–H and O–H groups in total. The van der Waals surface area contributed by atoms with Gasteiger partial charge in [-0.25, -0.2) is 9.59 Å². The van der Waals surface area contributed by atoms with Crippen LogP contribution in [-0.4, -0.2) is 58.7 Å². The van der Waals surface area contributed by atoms with Crippen molar-refractivity contribution in [1.82, 2.24) is 14.8 Å². The number of piperazine rings is 1. The predicted octanol–water partition coefficient (Wildman–Crippen LogP) is 2.92. The Morgan fingerprint density at radius 1 is 1.11 bits per heavy atom. The number of H-pyrrole nitrogens is 1. The first kappa shape index (κ1) is 19.7. The molecule has 8 heteroatoms. The zero-order chi connectivity index (χ0) is 20.5. The number of benzene rings is 1. The molecule has 0 saturated carbocycles. The molecule has 0 bridgehead atoms. The number of pyridine rings is 1. The van der Waals surface area contributed by atoms with Crippen molar-refractivity contribution in [3.8, 4) is 0 Å². The van der Waals surface area contributed by atoms with Crippen LogP contribution >= 0.6 is 0 Å². The van der Waals surface area contributed by atoms with Gasteiger partial charge in [-0.05, 0) is 39.3 Å². The molecule has 150 valence electrons. The molecular weight excluding hydrogens is 360 g/mol. The van der Waals surface area contributed by atoms with Crippen molar-refractivity contribution in [2.75, 3.05) is 31.5 Å². The van der Waals surface area contributed by atoms with E-state index in [-0.39, 0.29) is 23.2 Å². The van der Waals surface area contributed by atoms with Gasteiger partial charge in [-0.1, -0.05) is 12.1 Å². The quantitative estimate of drug-likeness (QED) is 0.788. The maximum absolute atomic E-state index is 12.7. The van der Waals surface area contributed by atoms with Crippen molar-refractivity contribution in [3.63, 3.8) is 0 Å². The van der Waals surface area contributed by atoms with Crippen LogP contribution in [0.1, 0.15) is 26.3 Å². The van der Waals surface area contributed by atoms with Crippen LogP contribution < -0.4 is 10.7 Å². The van der Waals surface area contributed by atoms with Gasteiger partial charge >= 0.3 is 12.1 Å². The van der Waals surface area contributed by atoms with Crippen LogP contribution in [0.3, 0.4) is 0 Å². The number of carbonyl (C=O) groups excluding carboxylic acids is 2. The second kappa shape index (κ2) is 7.53. The number of amides is 3. The summed E-state index contributed by atoms with van der Waals surface area (Å²) in [5.41, 5.74) is 1.15. The third-order valence-corrected chi connectivity index (χ3v) is 4.58. The first-order valence-corrected chi connectivity index (χ1v) is 9.30. The highest BCUT2D eigenvalue weighted by atomic mass is 16.6. The summed E-state index contributed by atoms with van der Waals surface area (Å²) in [7, 11) is 0. The van der Waals surface area contributed by atoms with Crippen LogP contribution in [0.25, 0.3) is 10.9 Å². The minimum atomic E-state index is -0.555. The van der Waals surface area contributed by atoms with Gasteiger partial charge in [0.25, 0.3) is 0 Å². The first-order valence-electron chi connectivity index (χ1n) is 9.30. The molecule has 2 heterocycles. The third kappa shape index (κ3) is 4.27. The number of aromatic nitrogens is 1. The summed E-state index contributed by atoms with van der Waals surface area (Å²) >= 11 is 0. The maximum Gasteiger partial charge on any atom is 0.410 e. The molecule has 0 unspecified atom stereocenters. The monoisotopic (exact) mass is 386 g/mol. The Morgan fingerprint density at radius 3 is 2.39 bits per heavy atom. The number of nitrogens with zero attached hydrogens (tertiary/aromatic N) is 2. The molecule has 3 rings (SSSR count). The topological polar surface area (TPSA) is 94.7 Å². The Bertz CT molecular complexity index is 953. The Balaban J connectivity index is 1.64. The van der Waals surface area contributed by atoms with Gasteiger partial charge < -0.3 is 24.8 Å². The second-order valence-electron chi connectivity index (χ2n) is 7.91. The summed E-state index contributed by atoms with van der Waals surface area (Å²) in [4.78, 5) is 43.6. The Morgan fingerprint density at radius 2 is 1.75 bits per heavy atom. The summed E-state index contributed by atoms with van der Waals surface area (Å²) in [5.74, 6) is 0. The molecule has 1 aliphatic heterocycles. The summed E-state index contributed by atoms with van der Waals surface area (Å²) in [6.45, 7) is 8.88. The van der Waals surface area contributed by atoms with E-state index < -0.39 is 5.60 Å². The van der Waals surface area contributed by atoms with Gasteiger partial charge in [-0.2, -0.15) is 0 Å². The van der Waals surface area contributed by atoms with Crippen molar-refractivity contribution >= 4 is 28.7 Å². The number of para-hydroxylation sites is 1. The molecule has 0 atom stereocenters. The smallest absolute Gasteiger partial charge is 0.410 e. The van der Waals surface area contributed by atoms with Gasteiger partial charge in [0.2, 0.25) is 5.43 Å². The lowest BCUT2D eigenvalue weighted by Gasteiger charge is -2.35. The number of hydrogen-bond acceptors (Lipinski definition) is 4. The second-order valence-corrected chi connectivity index (χ2v) is 7.91. The van der Waals surface area contributed by atoms with E-state index in [1.54, 1.807) is 15.9 Å². The molecule has 0 spiro atoms. The number of fused-ring (bicyclic) bond motifs is 1. The van der Waals surface area contributed by atoms with Crippen LogP contribution in [-0.2, 0) is 4.74 Å². The average molecular weight is 386 g/mol. The van der Waals surface area contributed by atoms with Gasteiger partial charge in [0.15, 0.2) is 0 Å². The predicted molar refractivity (Wildman–Crippen MR) is 108 cm³/mol. The Labute approximate surface area is 163 Å². The molecule has 1 saturated heterocycles. The van der Waals surface area contributed by atoms with Gasteiger partial charge in [-0.3, -0.25) is 4.79 Å². The average Bonchev–Trinajstić information content (AvgIpc) is 2.63. The molecule has 8 nitrogen and oxygen atoms in total. The van der Waals surface area contributed by atoms with Crippen molar-refractivity contribution in [2.45, 2.75) is 33.3 Å². The third-order valence-electron chi connectivity index (χ3n) is 4.58. The number of hydrogen-bond donors (Lipinski definition) is 2. The highest BCUT2D eigenvalue weighted by Gasteiger charge is 2.28. The van der Waals surface area contributed by atoms with Crippen LogP contribution in [0.4, 0.5) is 15.3 Å². The molecule has 28 heavy (non-hydrogen) atoms. The standard InChI is InChI=1S/C20H26N4O4/c1-13-6-5-7-14-16(13)21-12-15(17(14)25)22-18(26)23-8-10-24(11-9-23)19(27)28-20(2,3)4/h5-7,12H,8-11H2,1-4H3,(H,21,25)(H,22,26). The molecule has 1 fully saturated rings. The highest BCUT2D eigenvalue weighted by Crippen LogP contribution is 2.15. The number of anilines is 1. The summed E-state index contributed by atoms with van der Waals surface area (Å²) < 4.78 is 5.36. The summed E-state index contributed by atoms with van der Waals surface area (Å²) in [6.07, 6.45) is 1.14. The van der Waals surface area contributed by atoms with Gasteiger partial charge in [-0.15, -0.1) is 0 Å². The summed E-state index contributed by atoms with van der Waals surface area (Å²) in [5, 5.41) is 3.22. The van der Waals surface area contributed by atoms with Crippen LogP contribution in [0, 0.1) is 6.92 Å². The normalized spacial score (nSPS) is 14.9. The molecule has 1 aliphatic rings. The van der Waals surface area contributed by atoms with E-state index in [4.69, 9.17) is 4.74 Å². The summed E-state index contributed by atoms with van der Waals surface area (Å²) in [6, 6.07) is 5.10. The lowest BCUT2D eigenvalue weighted by atomic mass is 10.1. The molecule has 0 aliphatic carbocycles. The van der Waals surface area contributed by atoms with Crippen LogP contribution in [0.5, 0.6) is 0 Å². The molecule has 1 aromatic carbocycles. The van der Waals surface area contributed by atoms with Crippen molar-refractivity contribution in [1.29, 1.82) is 0 Å². The van der Waals surface area contributed by atoms with Crippen molar-refractivity contribution in [2.24, 2.45) is 0 Å². The Kier molecular flexibility index (Phi) is 5.31. The molecule has 0 radical (unpaired) electrons. The fraction of sp³-hybridized carbons (Fsp3) is 0.450. The fourth-order valence-corrected chi connectivity index (χ4v) is 3.11. The molecule has 3 amide bonds. The Hall–Kier alpha value is -3.03. The first-order chi connectivity index (χ1) is 13.2. The zero-order valence-electron chi connectivity index (χ0n) is 16.7. The fourth-order valence-electron chi connectivity index (χ4n) is 3.11. The van der Waals surface area contributed by atoms with E-state index in [2.05, 4.69) is 10.3 Å². The maximum atomic E-state index is 12.7. The largest absolute Gasteiger partial charge is 0.444 e. The number of aromatic amines is 1. The van der Waals surface area contributed by atoms with E-state index in [0.717, 1.165) is 11.1 Å². The molecule has 2 aromatic rings. The zero-order valence-corrected chi connectivity index (χ0v) is 16.7. The number of aryl methyl sites for hydroxylation is 1. The van der Waals surface area contributed by atoms with Crippen molar-refractivity contribution < 1.29 is 14.3 Å². The van der Waals surface area contributed by atoms with E-state index in [0.29, 0.717) is 31.6 Å². The van der Waals surface area contributed by atoms with Gasteiger partial charge in [0.05, 0.1) is 5.52 Å². The van der Waals surface area contributed by atoms with E-state index in [9.17, 15) is 14.4 Å². The van der Waals surface area contributed by atoms with Crippen LogP contribution in [0.15, 0.2) is 29.2 Å². The number of ether oxygens (including phenoxy) is 1. The van der Waals surface area contributed by atoms with Gasteiger partial charge in [0, 0.05) is 37.8 Å². The minimum Gasteiger partial charge on any atom is -0.444 e. The highest BCUT2D eigenvalue weighted by molar-refractivity contribution is 5.92.